The molecule has 7 heteroatoms. The second-order valence-electron chi connectivity index (χ2n) is 7.50. The zero-order valence-corrected chi connectivity index (χ0v) is 15.7. The number of hydrogen-bond donors (Lipinski definition) is 0. The summed E-state index contributed by atoms with van der Waals surface area (Å²) in [7, 11) is -2.89. The van der Waals surface area contributed by atoms with Crippen LogP contribution in [0.15, 0.2) is 10.6 Å². The molecule has 0 spiro atoms. The van der Waals surface area contributed by atoms with Crippen molar-refractivity contribution in [1.82, 2.24) is 14.8 Å². The fraction of sp³-hybridized carbons (Fsp3) is 0.812. The second-order valence-corrected chi connectivity index (χ2v) is 9.76. The Hall–Kier alpha value is -0.920. The van der Waals surface area contributed by atoms with E-state index in [0.717, 1.165) is 37.8 Å². The van der Waals surface area contributed by atoms with E-state index in [1.165, 1.54) is 6.26 Å². The standard InChI is InChI=1S/C16H29N3O3S/c1-13(15-17-12-14(22-15)16(2,3)4)19-8-6-18(7-9-19)10-11-23(5,20)21/h12-13H,6-11H2,1-5H3/t13-/m1/s1. The summed E-state index contributed by atoms with van der Waals surface area (Å²) in [5, 5.41) is 0. The maximum Gasteiger partial charge on any atom is 0.211 e. The molecule has 1 aromatic rings. The smallest absolute Gasteiger partial charge is 0.211 e. The summed E-state index contributed by atoms with van der Waals surface area (Å²) >= 11 is 0. The highest BCUT2D eigenvalue weighted by Gasteiger charge is 2.27. The van der Waals surface area contributed by atoms with Gasteiger partial charge in [0.1, 0.15) is 15.6 Å². The van der Waals surface area contributed by atoms with Crippen molar-refractivity contribution in [3.05, 3.63) is 17.8 Å². The summed E-state index contributed by atoms with van der Waals surface area (Å²) in [5.74, 6) is 1.91. The van der Waals surface area contributed by atoms with Gasteiger partial charge in [0.25, 0.3) is 0 Å². The Morgan fingerprint density at radius 1 is 1.26 bits per heavy atom. The third kappa shape index (κ3) is 5.29. The molecule has 0 aliphatic carbocycles. The minimum Gasteiger partial charge on any atom is -0.443 e. The lowest BCUT2D eigenvalue weighted by Crippen LogP contribution is -2.48. The van der Waals surface area contributed by atoms with Gasteiger partial charge >= 0.3 is 0 Å². The molecule has 0 unspecified atom stereocenters. The molecule has 0 bridgehead atoms. The number of piperazine rings is 1. The number of oxazole rings is 1. The Kier molecular flexibility index (Phi) is 5.53. The fourth-order valence-corrected chi connectivity index (χ4v) is 3.24. The van der Waals surface area contributed by atoms with Crippen molar-refractivity contribution < 1.29 is 12.8 Å². The quantitative estimate of drug-likeness (QED) is 0.811. The molecule has 1 aliphatic rings. The van der Waals surface area contributed by atoms with E-state index in [1.807, 2.05) is 6.20 Å². The zero-order chi connectivity index (χ0) is 17.3. The van der Waals surface area contributed by atoms with Crippen LogP contribution < -0.4 is 0 Å². The maximum absolute atomic E-state index is 11.3. The van der Waals surface area contributed by atoms with E-state index in [-0.39, 0.29) is 17.2 Å². The fourth-order valence-electron chi connectivity index (χ4n) is 2.65. The monoisotopic (exact) mass is 343 g/mol. The SMILES string of the molecule is C[C@H](c1ncc(C(C)(C)C)o1)N1CCN(CCS(C)(=O)=O)CC1. The molecule has 1 saturated heterocycles. The molecular weight excluding hydrogens is 314 g/mol. The Balaban J connectivity index is 1.88. The molecule has 0 radical (unpaired) electrons. The molecule has 23 heavy (non-hydrogen) atoms. The van der Waals surface area contributed by atoms with Gasteiger partial charge in [-0.1, -0.05) is 20.8 Å². The molecule has 1 atom stereocenters. The third-order valence-corrected chi connectivity index (χ3v) is 5.28. The molecule has 1 fully saturated rings. The molecular formula is C16H29N3O3S. The maximum atomic E-state index is 11.3. The van der Waals surface area contributed by atoms with Crippen LogP contribution in [0.4, 0.5) is 0 Å². The van der Waals surface area contributed by atoms with E-state index in [9.17, 15) is 8.42 Å². The van der Waals surface area contributed by atoms with Crippen LogP contribution in [0, 0.1) is 0 Å². The van der Waals surface area contributed by atoms with E-state index in [1.54, 1.807) is 0 Å². The van der Waals surface area contributed by atoms with E-state index in [0.29, 0.717) is 6.54 Å². The highest BCUT2D eigenvalue weighted by Crippen LogP contribution is 2.27. The zero-order valence-electron chi connectivity index (χ0n) is 14.9. The molecule has 2 rings (SSSR count). The lowest BCUT2D eigenvalue weighted by Gasteiger charge is -2.36. The number of rotatable bonds is 5. The van der Waals surface area contributed by atoms with Crippen molar-refractivity contribution in [2.75, 3.05) is 44.7 Å². The summed E-state index contributed by atoms with van der Waals surface area (Å²) in [4.78, 5) is 9.00. The number of hydrogen-bond acceptors (Lipinski definition) is 6. The molecule has 6 nitrogen and oxygen atoms in total. The second kappa shape index (κ2) is 6.91. The van der Waals surface area contributed by atoms with Crippen molar-refractivity contribution >= 4 is 9.84 Å². The first-order valence-corrected chi connectivity index (χ1v) is 10.2. The van der Waals surface area contributed by atoms with Crippen LogP contribution in [-0.4, -0.2) is 67.9 Å². The Morgan fingerprint density at radius 2 is 1.87 bits per heavy atom. The van der Waals surface area contributed by atoms with E-state index in [4.69, 9.17) is 4.42 Å². The van der Waals surface area contributed by atoms with E-state index in [2.05, 4.69) is 42.5 Å². The van der Waals surface area contributed by atoms with Crippen molar-refractivity contribution in [3.63, 3.8) is 0 Å². The lowest BCUT2D eigenvalue weighted by molar-refractivity contribution is 0.0937. The van der Waals surface area contributed by atoms with Crippen molar-refractivity contribution in [3.8, 4) is 0 Å². The summed E-state index contributed by atoms with van der Waals surface area (Å²) < 4.78 is 28.5. The molecule has 1 aliphatic heterocycles. The highest BCUT2D eigenvalue weighted by atomic mass is 32.2. The molecule has 0 saturated carbocycles. The topological polar surface area (TPSA) is 66.7 Å². The first kappa shape index (κ1) is 18.4. The predicted molar refractivity (Wildman–Crippen MR) is 91.3 cm³/mol. The summed E-state index contributed by atoms with van der Waals surface area (Å²) in [6.07, 6.45) is 3.12. The first-order chi connectivity index (χ1) is 10.6. The average molecular weight is 343 g/mol. The average Bonchev–Trinajstić information content (AvgIpc) is 2.94. The van der Waals surface area contributed by atoms with Gasteiger partial charge in [-0.2, -0.15) is 0 Å². The highest BCUT2D eigenvalue weighted by molar-refractivity contribution is 7.90. The minimum absolute atomic E-state index is 0.0324. The van der Waals surface area contributed by atoms with Crippen molar-refractivity contribution in [2.24, 2.45) is 0 Å². The molecule has 1 aromatic heterocycles. The van der Waals surface area contributed by atoms with Gasteiger partial charge in [0.2, 0.25) is 5.89 Å². The van der Waals surface area contributed by atoms with Crippen molar-refractivity contribution in [2.45, 2.75) is 39.2 Å². The van der Waals surface area contributed by atoms with Gasteiger partial charge in [0, 0.05) is 44.4 Å². The van der Waals surface area contributed by atoms with Gasteiger partial charge in [0.05, 0.1) is 18.0 Å². The van der Waals surface area contributed by atoms with Gasteiger partial charge in [-0.15, -0.1) is 0 Å². The Labute approximate surface area is 139 Å². The lowest BCUT2D eigenvalue weighted by atomic mass is 9.94. The number of aromatic nitrogens is 1. The van der Waals surface area contributed by atoms with Gasteiger partial charge in [-0.05, 0) is 6.92 Å². The molecule has 132 valence electrons. The summed E-state index contributed by atoms with van der Waals surface area (Å²) in [6.45, 7) is 12.6. The normalized spacial score (nSPS) is 19.9. The van der Waals surface area contributed by atoms with Crippen LogP contribution >= 0.6 is 0 Å². The van der Waals surface area contributed by atoms with Crippen LogP contribution in [0.3, 0.4) is 0 Å². The molecule has 0 amide bonds. The molecule has 0 aromatic carbocycles. The van der Waals surface area contributed by atoms with Gasteiger partial charge < -0.3 is 4.42 Å². The first-order valence-electron chi connectivity index (χ1n) is 8.16. The van der Waals surface area contributed by atoms with Gasteiger partial charge in [-0.25, -0.2) is 13.4 Å². The number of nitrogens with zero attached hydrogens (tertiary/aromatic N) is 3. The van der Waals surface area contributed by atoms with Gasteiger partial charge in [0.15, 0.2) is 0 Å². The van der Waals surface area contributed by atoms with Crippen LogP contribution in [0.2, 0.25) is 0 Å². The van der Waals surface area contributed by atoms with Crippen LogP contribution in [0.5, 0.6) is 0 Å². The van der Waals surface area contributed by atoms with E-state index >= 15 is 0 Å². The third-order valence-electron chi connectivity index (χ3n) is 4.35. The largest absolute Gasteiger partial charge is 0.443 e. The summed E-state index contributed by atoms with van der Waals surface area (Å²) in [6, 6.07) is 0.142. The predicted octanol–water partition coefficient (Wildman–Crippen LogP) is 1.70. The minimum atomic E-state index is -2.89. The Bertz CT molecular complexity index is 611. The van der Waals surface area contributed by atoms with Crippen LogP contribution in [0.1, 0.15) is 45.4 Å². The van der Waals surface area contributed by atoms with E-state index < -0.39 is 9.84 Å². The number of sulfone groups is 1. The summed E-state index contributed by atoms with van der Waals surface area (Å²) in [5.41, 5.74) is -0.0324. The van der Waals surface area contributed by atoms with Crippen LogP contribution in [0.25, 0.3) is 0 Å². The molecule has 2 heterocycles. The van der Waals surface area contributed by atoms with Crippen molar-refractivity contribution in [1.29, 1.82) is 0 Å². The molecule has 0 N–H and O–H groups in total. The van der Waals surface area contributed by atoms with Crippen LogP contribution in [-0.2, 0) is 15.3 Å². The van der Waals surface area contributed by atoms with Gasteiger partial charge in [-0.3, -0.25) is 9.80 Å². The Morgan fingerprint density at radius 3 is 2.35 bits per heavy atom.